The maximum Gasteiger partial charge on any atom is 0.237 e. The summed E-state index contributed by atoms with van der Waals surface area (Å²) in [6.07, 6.45) is 6.00. The van der Waals surface area contributed by atoms with Crippen molar-refractivity contribution in [2.24, 2.45) is 11.8 Å². The highest BCUT2D eigenvalue weighted by molar-refractivity contribution is 14.1. The predicted octanol–water partition coefficient (Wildman–Crippen LogP) is 2.74. The minimum atomic E-state index is -0.222. The molecule has 3 atom stereocenters. The van der Waals surface area contributed by atoms with Crippen LogP contribution in [0.4, 0.5) is 0 Å². The number of nitrogens with one attached hydrogen (secondary N) is 1. The largest absolute Gasteiger partial charge is 0.350 e. The van der Waals surface area contributed by atoms with Gasteiger partial charge in [-0.25, -0.2) is 0 Å². The van der Waals surface area contributed by atoms with Gasteiger partial charge in [0.25, 0.3) is 0 Å². The zero-order valence-corrected chi connectivity index (χ0v) is 15.5. The number of piperidine rings is 1. The third-order valence-corrected chi connectivity index (χ3v) is 4.97. The molecule has 0 aromatic rings. The van der Waals surface area contributed by atoms with Crippen molar-refractivity contribution in [2.75, 3.05) is 13.1 Å². The van der Waals surface area contributed by atoms with E-state index in [0.29, 0.717) is 18.4 Å². The smallest absolute Gasteiger partial charge is 0.237 e. The number of rotatable bonds is 3. The van der Waals surface area contributed by atoms with E-state index in [1.165, 1.54) is 25.7 Å². The van der Waals surface area contributed by atoms with E-state index in [1.807, 2.05) is 43.4 Å². The Bertz CT molecular complexity index is 406. The van der Waals surface area contributed by atoms with Gasteiger partial charge in [-0.15, -0.1) is 0 Å². The summed E-state index contributed by atoms with van der Waals surface area (Å²) in [4.78, 5) is 26.3. The zero-order valence-electron chi connectivity index (χ0n) is 13.3. The van der Waals surface area contributed by atoms with Gasteiger partial charge in [-0.3, -0.25) is 14.5 Å². The lowest BCUT2D eigenvalue weighted by Crippen LogP contribution is -2.58. The SMILES string of the molecule is CC(C)(C)NC(=O)C1CC2CCCCC2CN1CC(=O)I. The molecule has 1 saturated carbocycles. The van der Waals surface area contributed by atoms with Crippen LogP contribution in [0.2, 0.25) is 0 Å². The van der Waals surface area contributed by atoms with Gasteiger partial charge in [0.15, 0.2) is 0 Å². The Labute approximate surface area is 141 Å². The summed E-state index contributed by atoms with van der Waals surface area (Å²) in [5, 5.41) is 3.09. The second-order valence-electron chi connectivity index (χ2n) is 7.58. The number of likely N-dealkylation sites (tertiary alicyclic amines) is 1. The summed E-state index contributed by atoms with van der Waals surface area (Å²) in [6, 6.07) is -0.137. The molecule has 1 N–H and O–H groups in total. The Morgan fingerprint density at radius 2 is 1.81 bits per heavy atom. The predicted molar refractivity (Wildman–Crippen MR) is 92.3 cm³/mol. The molecule has 3 unspecified atom stereocenters. The average Bonchev–Trinajstić information content (AvgIpc) is 2.35. The highest BCUT2D eigenvalue weighted by atomic mass is 127. The van der Waals surface area contributed by atoms with Crippen LogP contribution >= 0.6 is 22.6 Å². The first kappa shape index (κ1) is 17.2. The van der Waals surface area contributed by atoms with Crippen molar-refractivity contribution in [1.29, 1.82) is 0 Å². The second-order valence-corrected chi connectivity index (χ2v) is 8.78. The molecule has 0 aromatic carbocycles. The number of halogens is 1. The summed E-state index contributed by atoms with van der Waals surface area (Å²) in [7, 11) is 0. The van der Waals surface area contributed by atoms with Crippen LogP contribution in [0, 0.1) is 11.8 Å². The summed E-state index contributed by atoms with van der Waals surface area (Å²) in [5.41, 5.74) is -0.222. The lowest BCUT2D eigenvalue weighted by Gasteiger charge is -2.45. The second kappa shape index (κ2) is 6.94. The molecular formula is C16H27IN2O2. The fourth-order valence-electron chi connectivity index (χ4n) is 3.76. The van der Waals surface area contributed by atoms with E-state index in [-0.39, 0.29) is 21.3 Å². The fourth-order valence-corrected chi connectivity index (χ4v) is 4.20. The molecule has 5 heteroatoms. The van der Waals surface area contributed by atoms with Gasteiger partial charge in [0.2, 0.25) is 9.70 Å². The van der Waals surface area contributed by atoms with Gasteiger partial charge in [-0.05, 0) is 45.4 Å². The van der Waals surface area contributed by atoms with Crippen LogP contribution in [0.5, 0.6) is 0 Å². The van der Waals surface area contributed by atoms with E-state index in [9.17, 15) is 9.59 Å². The average molecular weight is 406 g/mol. The highest BCUT2D eigenvalue weighted by Crippen LogP contribution is 2.38. The summed E-state index contributed by atoms with van der Waals surface area (Å²) < 4.78 is 0.121. The van der Waals surface area contributed by atoms with Crippen LogP contribution < -0.4 is 5.32 Å². The van der Waals surface area contributed by atoms with E-state index in [0.717, 1.165) is 13.0 Å². The van der Waals surface area contributed by atoms with Crippen molar-refractivity contribution in [3.8, 4) is 0 Å². The van der Waals surface area contributed by atoms with Gasteiger partial charge in [-0.2, -0.15) is 0 Å². The monoisotopic (exact) mass is 406 g/mol. The minimum Gasteiger partial charge on any atom is -0.350 e. The summed E-state index contributed by atoms with van der Waals surface area (Å²) >= 11 is 1.84. The number of carbonyl (C=O) groups is 2. The van der Waals surface area contributed by atoms with Crippen LogP contribution in [-0.2, 0) is 9.59 Å². The van der Waals surface area contributed by atoms with E-state index >= 15 is 0 Å². The van der Waals surface area contributed by atoms with Crippen LogP contribution in [0.3, 0.4) is 0 Å². The number of hydrogen-bond donors (Lipinski definition) is 1. The number of nitrogens with zero attached hydrogens (tertiary/aromatic N) is 1. The topological polar surface area (TPSA) is 49.4 Å². The molecule has 120 valence electrons. The lowest BCUT2D eigenvalue weighted by atomic mass is 9.72. The number of hydrogen-bond acceptors (Lipinski definition) is 3. The van der Waals surface area contributed by atoms with Crippen molar-refractivity contribution in [2.45, 2.75) is 64.5 Å². The zero-order chi connectivity index (χ0) is 15.6. The summed E-state index contributed by atoms with van der Waals surface area (Å²) in [5.74, 6) is 1.42. The lowest BCUT2D eigenvalue weighted by molar-refractivity contribution is -0.132. The standard InChI is InChI=1S/C16H27IN2O2/c1-16(2,3)18-15(21)13-8-11-6-4-5-7-12(11)9-19(13)10-14(17)20/h11-13H,4-10H2,1-3H3,(H,18,21). The van der Waals surface area contributed by atoms with Gasteiger partial charge in [0.05, 0.1) is 12.6 Å². The molecule has 1 saturated heterocycles. The van der Waals surface area contributed by atoms with Gasteiger partial charge >= 0.3 is 0 Å². The molecule has 0 bridgehead atoms. The first-order valence-electron chi connectivity index (χ1n) is 8.00. The normalized spacial score (nSPS) is 30.6. The molecule has 4 nitrogen and oxygen atoms in total. The highest BCUT2D eigenvalue weighted by Gasteiger charge is 2.40. The summed E-state index contributed by atoms with van der Waals surface area (Å²) in [6.45, 7) is 7.31. The molecule has 1 amide bonds. The van der Waals surface area contributed by atoms with Gasteiger partial charge in [0, 0.05) is 34.7 Å². The van der Waals surface area contributed by atoms with Crippen molar-refractivity contribution < 1.29 is 9.59 Å². The van der Waals surface area contributed by atoms with E-state index in [4.69, 9.17) is 0 Å². The third-order valence-electron chi connectivity index (χ3n) is 4.63. The van der Waals surface area contributed by atoms with Crippen molar-refractivity contribution in [1.82, 2.24) is 10.2 Å². The van der Waals surface area contributed by atoms with E-state index < -0.39 is 0 Å². The molecule has 21 heavy (non-hydrogen) atoms. The molecular weight excluding hydrogens is 379 g/mol. The van der Waals surface area contributed by atoms with E-state index in [2.05, 4.69) is 10.2 Å². The maximum atomic E-state index is 12.6. The molecule has 2 fully saturated rings. The van der Waals surface area contributed by atoms with Crippen molar-refractivity contribution in [3.05, 3.63) is 0 Å². The molecule has 1 aliphatic heterocycles. The van der Waals surface area contributed by atoms with Gasteiger partial charge in [0.1, 0.15) is 0 Å². The third kappa shape index (κ3) is 4.91. The van der Waals surface area contributed by atoms with Crippen LogP contribution in [-0.4, -0.2) is 39.3 Å². The Morgan fingerprint density at radius 1 is 1.19 bits per heavy atom. The molecule has 2 aliphatic rings. The molecule has 2 rings (SSSR count). The Kier molecular flexibility index (Phi) is 5.68. The fraction of sp³-hybridized carbons (Fsp3) is 0.875. The van der Waals surface area contributed by atoms with Gasteiger partial charge in [-0.1, -0.05) is 19.3 Å². The molecule has 0 radical (unpaired) electrons. The Hall–Kier alpha value is -0.170. The van der Waals surface area contributed by atoms with Crippen molar-refractivity contribution >= 4 is 32.3 Å². The number of fused-ring (bicyclic) bond motifs is 1. The number of amides is 1. The van der Waals surface area contributed by atoms with Crippen molar-refractivity contribution in [3.63, 3.8) is 0 Å². The first-order valence-corrected chi connectivity index (χ1v) is 9.08. The molecule has 1 aliphatic carbocycles. The maximum absolute atomic E-state index is 12.6. The van der Waals surface area contributed by atoms with Crippen LogP contribution in [0.25, 0.3) is 0 Å². The Balaban J connectivity index is 2.10. The molecule has 1 heterocycles. The van der Waals surface area contributed by atoms with Crippen LogP contribution in [0.15, 0.2) is 0 Å². The van der Waals surface area contributed by atoms with Gasteiger partial charge < -0.3 is 5.32 Å². The van der Waals surface area contributed by atoms with E-state index in [1.54, 1.807) is 0 Å². The Morgan fingerprint density at radius 3 is 2.38 bits per heavy atom. The number of carbonyl (C=O) groups excluding carboxylic acids is 2. The quantitative estimate of drug-likeness (QED) is 0.579. The minimum absolute atomic E-state index is 0.0872. The first-order chi connectivity index (χ1) is 9.76. The van der Waals surface area contributed by atoms with Crippen LogP contribution in [0.1, 0.15) is 52.9 Å². The molecule has 0 spiro atoms. The molecule has 0 aromatic heterocycles.